The third-order valence-electron chi connectivity index (χ3n) is 3.49. The van der Waals surface area contributed by atoms with E-state index in [1.54, 1.807) is 11.8 Å². The predicted molar refractivity (Wildman–Crippen MR) is 97.2 cm³/mol. The first-order valence-corrected chi connectivity index (χ1v) is 8.67. The zero-order valence-electron chi connectivity index (χ0n) is 12.3. The van der Waals surface area contributed by atoms with E-state index in [1.807, 2.05) is 6.08 Å². The van der Waals surface area contributed by atoms with E-state index < -0.39 is 0 Å². The molecule has 2 aromatic rings. The maximum Gasteiger partial charge on any atom is 0.0249 e. The summed E-state index contributed by atoms with van der Waals surface area (Å²) in [4.78, 5) is 1.26. The van der Waals surface area contributed by atoms with Gasteiger partial charge in [0, 0.05) is 27.5 Å². The molecule has 0 saturated heterocycles. The largest absolute Gasteiger partial charge is 0.130 e. The Kier molecular flexibility index (Phi) is 4.73. The molecule has 0 fully saturated rings. The molecule has 22 heavy (non-hydrogen) atoms. The van der Waals surface area contributed by atoms with Gasteiger partial charge in [0.15, 0.2) is 0 Å². The van der Waals surface area contributed by atoms with Crippen LogP contribution in [-0.2, 0) is 0 Å². The number of benzene rings is 2. The Bertz CT molecular complexity index is 784. The molecule has 0 amide bonds. The van der Waals surface area contributed by atoms with Crippen molar-refractivity contribution in [2.45, 2.75) is 11.3 Å². The fraction of sp³-hybridized carbons (Fsp3) is 0.100. The average molecular weight is 323 g/mol. The molecule has 0 nitrogen and oxygen atoms in total. The number of rotatable bonds is 2. The minimum Gasteiger partial charge on any atom is -0.130 e. The lowest BCUT2D eigenvalue weighted by Crippen LogP contribution is -1.81. The Labute approximate surface area is 140 Å². The van der Waals surface area contributed by atoms with Crippen LogP contribution in [0.1, 0.15) is 23.1 Å². The van der Waals surface area contributed by atoms with Crippen molar-refractivity contribution in [2.24, 2.45) is 0 Å². The van der Waals surface area contributed by atoms with Crippen molar-refractivity contribution in [3.8, 4) is 11.8 Å². The first-order chi connectivity index (χ1) is 10.7. The summed E-state index contributed by atoms with van der Waals surface area (Å²) in [5.41, 5.74) is 4.43. The van der Waals surface area contributed by atoms with Crippen LogP contribution in [0.5, 0.6) is 0 Å². The fourth-order valence-corrected chi connectivity index (χ4v) is 2.86. The second-order valence-corrected chi connectivity index (χ2v) is 6.38. The van der Waals surface area contributed by atoms with Crippen LogP contribution in [0, 0.1) is 11.8 Å². The third kappa shape index (κ3) is 3.65. The first-order valence-electron chi connectivity index (χ1n) is 7.07. The number of allylic oxidation sites excluding steroid dienone is 4. The highest BCUT2D eigenvalue weighted by molar-refractivity contribution is 7.98. The van der Waals surface area contributed by atoms with Gasteiger partial charge in [-0.25, -0.2) is 0 Å². The smallest absolute Gasteiger partial charge is 0.0249 e. The van der Waals surface area contributed by atoms with E-state index in [2.05, 4.69) is 72.7 Å². The molecule has 1 aliphatic carbocycles. The molecule has 0 aliphatic heterocycles. The molecular weight excluding hydrogens is 308 g/mol. The molecule has 2 aromatic carbocycles. The summed E-state index contributed by atoms with van der Waals surface area (Å²) in [5, 5.41) is 0.896. The summed E-state index contributed by atoms with van der Waals surface area (Å²) in [6, 6.07) is 16.6. The minimum atomic E-state index is 0.838. The molecule has 0 saturated carbocycles. The van der Waals surface area contributed by atoms with Gasteiger partial charge in [0.2, 0.25) is 0 Å². The van der Waals surface area contributed by atoms with E-state index in [-0.39, 0.29) is 0 Å². The molecule has 3 rings (SSSR count). The SMILES string of the molecule is CSc1ccc(C#Cc2ccc(C3=CCC(Cl)=C3)cc2)cc1. The quantitative estimate of drug-likeness (QED) is 0.503. The average Bonchev–Trinajstić information content (AvgIpc) is 3.00. The van der Waals surface area contributed by atoms with E-state index in [0.29, 0.717) is 0 Å². The molecular formula is C20H15ClS. The van der Waals surface area contributed by atoms with Gasteiger partial charge in [-0.15, -0.1) is 11.8 Å². The molecule has 0 N–H and O–H groups in total. The Morgan fingerprint density at radius 3 is 2.00 bits per heavy atom. The van der Waals surface area contributed by atoms with Gasteiger partial charge in [-0.3, -0.25) is 0 Å². The standard InChI is InChI=1S/C20H15ClS/c1-22-20-12-6-16(7-13-20)3-2-15-4-8-17(9-5-15)18-10-11-19(21)14-18/h4-10,12-14H,11H2,1H3. The predicted octanol–water partition coefficient (Wildman–Crippen LogP) is 5.72. The lowest BCUT2D eigenvalue weighted by atomic mass is 10.1. The van der Waals surface area contributed by atoms with Crippen LogP contribution < -0.4 is 0 Å². The van der Waals surface area contributed by atoms with Crippen LogP contribution in [-0.4, -0.2) is 6.26 Å². The van der Waals surface area contributed by atoms with E-state index in [1.165, 1.54) is 16.0 Å². The molecule has 0 atom stereocenters. The normalized spacial score (nSPS) is 13.2. The van der Waals surface area contributed by atoms with E-state index in [9.17, 15) is 0 Å². The maximum absolute atomic E-state index is 6.01. The second-order valence-electron chi connectivity index (χ2n) is 5.01. The topological polar surface area (TPSA) is 0 Å². The van der Waals surface area contributed by atoms with Crippen molar-refractivity contribution in [2.75, 3.05) is 6.26 Å². The molecule has 1 aliphatic rings. The summed E-state index contributed by atoms with van der Waals surface area (Å²) < 4.78 is 0. The summed E-state index contributed by atoms with van der Waals surface area (Å²) in [6.07, 6.45) is 7.08. The third-order valence-corrected chi connectivity index (χ3v) is 4.50. The minimum absolute atomic E-state index is 0.838. The Morgan fingerprint density at radius 1 is 0.909 bits per heavy atom. The van der Waals surface area contributed by atoms with Gasteiger partial charge in [-0.1, -0.05) is 41.7 Å². The van der Waals surface area contributed by atoms with E-state index in [4.69, 9.17) is 11.6 Å². The second kappa shape index (κ2) is 6.92. The number of hydrogen-bond donors (Lipinski definition) is 0. The van der Waals surface area contributed by atoms with Gasteiger partial charge >= 0.3 is 0 Å². The summed E-state index contributed by atoms with van der Waals surface area (Å²) in [7, 11) is 0. The molecule has 108 valence electrons. The number of hydrogen-bond acceptors (Lipinski definition) is 1. The van der Waals surface area contributed by atoms with Crippen LogP contribution in [0.4, 0.5) is 0 Å². The number of thioether (sulfide) groups is 1. The van der Waals surface area contributed by atoms with Crippen molar-refractivity contribution in [3.63, 3.8) is 0 Å². The van der Waals surface area contributed by atoms with Crippen molar-refractivity contribution >= 4 is 28.9 Å². The molecule has 0 unspecified atom stereocenters. The van der Waals surface area contributed by atoms with Crippen LogP contribution in [0.3, 0.4) is 0 Å². The van der Waals surface area contributed by atoms with Crippen LogP contribution >= 0.6 is 23.4 Å². The van der Waals surface area contributed by atoms with Crippen molar-refractivity contribution < 1.29 is 0 Å². The fourth-order valence-electron chi connectivity index (χ4n) is 2.26. The highest BCUT2D eigenvalue weighted by atomic mass is 35.5. The summed E-state index contributed by atoms with van der Waals surface area (Å²) >= 11 is 7.75. The molecule has 0 aromatic heterocycles. The maximum atomic E-state index is 6.01. The van der Waals surface area contributed by atoms with Crippen molar-refractivity contribution in [1.29, 1.82) is 0 Å². The van der Waals surface area contributed by atoms with Crippen molar-refractivity contribution in [1.82, 2.24) is 0 Å². The molecule has 0 bridgehead atoms. The zero-order chi connectivity index (χ0) is 15.4. The lowest BCUT2D eigenvalue weighted by Gasteiger charge is -1.99. The molecule has 0 heterocycles. The summed E-state index contributed by atoms with van der Waals surface area (Å²) in [6.45, 7) is 0. The van der Waals surface area contributed by atoms with Gasteiger partial charge in [0.25, 0.3) is 0 Å². The van der Waals surface area contributed by atoms with Crippen molar-refractivity contribution in [3.05, 3.63) is 82.4 Å². The first kappa shape index (κ1) is 15.0. The summed E-state index contributed by atoms with van der Waals surface area (Å²) in [5.74, 6) is 6.41. The lowest BCUT2D eigenvalue weighted by molar-refractivity contribution is 1.41. The Hall–Kier alpha value is -1.88. The van der Waals surface area contributed by atoms with Gasteiger partial charge in [-0.2, -0.15) is 0 Å². The van der Waals surface area contributed by atoms with Crippen LogP contribution in [0.2, 0.25) is 0 Å². The number of halogens is 1. The van der Waals surface area contributed by atoms with Gasteiger partial charge < -0.3 is 0 Å². The Morgan fingerprint density at radius 2 is 1.50 bits per heavy atom. The van der Waals surface area contributed by atoms with Gasteiger partial charge in [0.1, 0.15) is 0 Å². The molecule has 0 spiro atoms. The Balaban J connectivity index is 1.75. The molecule has 2 heteroatoms. The zero-order valence-corrected chi connectivity index (χ0v) is 13.8. The van der Waals surface area contributed by atoms with E-state index >= 15 is 0 Å². The van der Waals surface area contributed by atoms with Gasteiger partial charge in [0.05, 0.1) is 0 Å². The van der Waals surface area contributed by atoms with Gasteiger partial charge in [-0.05, 0) is 59.9 Å². The van der Waals surface area contributed by atoms with Crippen LogP contribution in [0.25, 0.3) is 5.57 Å². The molecule has 0 radical (unpaired) electrons. The van der Waals surface area contributed by atoms with E-state index in [0.717, 1.165) is 22.6 Å². The highest BCUT2D eigenvalue weighted by Gasteiger charge is 2.06. The monoisotopic (exact) mass is 322 g/mol. The van der Waals surface area contributed by atoms with Crippen LogP contribution in [0.15, 0.2) is 70.6 Å². The highest BCUT2D eigenvalue weighted by Crippen LogP contribution is 2.28.